The van der Waals surface area contributed by atoms with Crippen molar-refractivity contribution < 1.29 is 4.42 Å². The van der Waals surface area contributed by atoms with Crippen LogP contribution in [0.2, 0.25) is 0 Å². The Hall–Kier alpha value is -14.8. The van der Waals surface area contributed by atoms with Crippen LogP contribution in [-0.4, -0.2) is 34.1 Å². The number of hydrogen-bond acceptors (Lipinski definition) is 7. The quantitative estimate of drug-likeness (QED) is 0.121. The van der Waals surface area contributed by atoms with E-state index in [0.29, 0.717) is 23.3 Å². The molecule has 9 heteroatoms. The van der Waals surface area contributed by atoms with Crippen LogP contribution < -0.4 is 0 Å². The second kappa shape index (κ2) is 27.8. The average Bonchev–Trinajstić information content (AvgIpc) is 1.58. The molecule has 22 aromatic rings. The molecular formula is C103H65N7OS. The Balaban J connectivity index is 0.000000141. The second-order valence-corrected chi connectivity index (χ2v) is 29.2. The Morgan fingerprint density at radius 3 is 1.19 bits per heavy atom. The fourth-order valence-corrected chi connectivity index (χ4v) is 17.4. The zero-order valence-corrected chi connectivity index (χ0v) is 61.3. The molecule has 6 heterocycles. The number of nitrogens with zero attached hydrogens (tertiary/aromatic N) is 7. The first-order valence-electron chi connectivity index (χ1n) is 37.7. The molecule has 0 amide bonds. The topological polar surface area (TPSA) is 87.5 Å². The van der Waals surface area contributed by atoms with Crippen molar-refractivity contribution in [3.05, 3.63) is 394 Å². The van der Waals surface area contributed by atoms with E-state index in [0.717, 1.165) is 94.8 Å². The van der Waals surface area contributed by atoms with Crippen LogP contribution in [0.3, 0.4) is 0 Å². The first-order valence-corrected chi connectivity index (χ1v) is 38.5. The molecule has 22 rings (SSSR count). The van der Waals surface area contributed by atoms with E-state index in [9.17, 15) is 0 Å². The number of thiophene rings is 1. The van der Waals surface area contributed by atoms with Crippen LogP contribution in [0, 0.1) is 0 Å². The van der Waals surface area contributed by atoms with Crippen LogP contribution >= 0.6 is 11.3 Å². The van der Waals surface area contributed by atoms with Gasteiger partial charge in [0, 0.05) is 103 Å². The molecule has 0 atom stereocenters. The van der Waals surface area contributed by atoms with Crippen molar-refractivity contribution in [2.45, 2.75) is 0 Å². The van der Waals surface area contributed by atoms with Gasteiger partial charge in [0.05, 0.1) is 33.5 Å². The van der Waals surface area contributed by atoms with Gasteiger partial charge in [-0.3, -0.25) is 0 Å². The van der Waals surface area contributed by atoms with E-state index < -0.39 is 0 Å². The molecule has 8 nitrogen and oxygen atoms in total. The summed E-state index contributed by atoms with van der Waals surface area (Å²) in [5.74, 6) is 2.62. The molecule has 0 aliphatic carbocycles. The van der Waals surface area contributed by atoms with E-state index >= 15 is 0 Å². The minimum Gasteiger partial charge on any atom is -0.455 e. The predicted molar refractivity (Wildman–Crippen MR) is 465 cm³/mol. The fourth-order valence-electron chi connectivity index (χ4n) is 16.2. The largest absolute Gasteiger partial charge is 0.455 e. The Morgan fingerprint density at radius 2 is 0.625 bits per heavy atom. The molecule has 0 radical (unpaired) electrons. The number of aromatic nitrogens is 7. The van der Waals surface area contributed by atoms with Gasteiger partial charge >= 0.3 is 0 Å². The maximum atomic E-state index is 6.78. The summed E-state index contributed by atoms with van der Waals surface area (Å²) < 4.78 is 14.1. The van der Waals surface area contributed by atoms with Crippen molar-refractivity contribution >= 4 is 97.1 Å². The molecule has 0 N–H and O–H groups in total. The predicted octanol–water partition coefficient (Wildman–Crippen LogP) is 27.5. The molecule has 0 bridgehead atoms. The molecule has 6 aromatic heterocycles. The Labute approximate surface area is 649 Å². The van der Waals surface area contributed by atoms with Gasteiger partial charge in [0.15, 0.2) is 23.3 Å². The Morgan fingerprint density at radius 1 is 0.214 bits per heavy atom. The second-order valence-electron chi connectivity index (χ2n) is 28.2. The molecule has 0 fully saturated rings. The van der Waals surface area contributed by atoms with Crippen molar-refractivity contribution in [1.82, 2.24) is 34.1 Å². The highest BCUT2D eigenvalue weighted by Gasteiger charge is 2.23. The normalized spacial score (nSPS) is 11.6. The van der Waals surface area contributed by atoms with E-state index in [2.05, 4.69) is 306 Å². The molecule has 16 aromatic carbocycles. The zero-order valence-electron chi connectivity index (χ0n) is 60.5. The zero-order chi connectivity index (χ0) is 74.0. The lowest BCUT2D eigenvalue weighted by Crippen LogP contribution is -2.00. The average molecular weight is 1450 g/mol. The fraction of sp³-hybridized carbons (Fsp3) is 0. The van der Waals surface area contributed by atoms with Crippen molar-refractivity contribution in [1.29, 1.82) is 0 Å². The van der Waals surface area contributed by atoms with E-state index in [-0.39, 0.29) is 0 Å². The number of fused-ring (bicyclic) bond motifs is 12. The smallest absolute Gasteiger partial charge is 0.164 e. The van der Waals surface area contributed by atoms with Crippen LogP contribution in [0.4, 0.5) is 0 Å². The van der Waals surface area contributed by atoms with Crippen molar-refractivity contribution in [2.75, 3.05) is 0 Å². The molecule has 0 aliphatic rings. The van der Waals surface area contributed by atoms with Crippen LogP contribution in [0.15, 0.2) is 399 Å². The third kappa shape index (κ3) is 11.8. The molecule has 0 aliphatic heterocycles. The Kier molecular flexibility index (Phi) is 16.3. The number of hydrogen-bond donors (Lipinski definition) is 0. The molecule has 0 spiro atoms. The summed E-state index contributed by atoms with van der Waals surface area (Å²) in [6, 6.07) is 139. The maximum Gasteiger partial charge on any atom is 0.164 e. The van der Waals surface area contributed by atoms with Gasteiger partial charge in [-0.05, 0) is 124 Å². The number of benzene rings is 16. The SMILES string of the molecule is c1ccc(-c2ccc3c(c2)c2ccccc2n3-c2ccc3oc4c(-c5ccccc5-c5nc(-c6ccccc6)cc(-c6ccccc6)n5)cccc4c3c2)cc1.c1ccc(-c2ccc3c(c2)c2ccccc2n3-c2ccc3sc4c(-c5cccc(-c6nc(-c7ccccc7)nc(-c7ccccc7)n6)c5)cccc4c3c2)cc1. The van der Waals surface area contributed by atoms with Gasteiger partial charge in [-0.25, -0.2) is 24.9 Å². The van der Waals surface area contributed by atoms with Gasteiger partial charge in [0.1, 0.15) is 11.2 Å². The number of furan rings is 1. The van der Waals surface area contributed by atoms with Crippen LogP contribution in [-0.2, 0) is 0 Å². The minimum atomic E-state index is 0.648. The molecule has 524 valence electrons. The standard InChI is InChI=1S/C52H33N3O.C51H32N4S/c1-4-15-34(16-5-1)37-27-29-49-44(31-37)40-22-12-13-26-48(40)55(49)38-28-30-50-45(32-38)42-25-14-24-41(51(42)56-50)39-21-10-11-23-43(39)52-53-46(35-17-6-2-7-18-35)33-47(54-52)36-19-8-3-9-20-36;1-4-14-33(15-5-1)36-26-28-46-43(31-36)41-22-10-11-25-45(41)55(46)39-27-29-47-44(32-39)42-24-13-23-40(48(42)56-47)37-20-12-21-38(30-37)51-53-49(34-16-6-2-7-17-34)52-50(54-51)35-18-8-3-9-19-35/h1-33H;1-32H. The number of para-hydroxylation sites is 3. The van der Waals surface area contributed by atoms with E-state index in [1.165, 1.54) is 91.6 Å². The molecule has 0 unspecified atom stereocenters. The highest BCUT2D eigenvalue weighted by atomic mass is 32.1. The molecule has 112 heavy (non-hydrogen) atoms. The van der Waals surface area contributed by atoms with E-state index in [1.807, 2.05) is 108 Å². The lowest BCUT2D eigenvalue weighted by Gasteiger charge is -2.13. The van der Waals surface area contributed by atoms with E-state index in [4.69, 9.17) is 29.3 Å². The summed E-state index contributed by atoms with van der Waals surface area (Å²) in [5, 5.41) is 9.59. The first-order chi connectivity index (χ1) is 55.5. The van der Waals surface area contributed by atoms with Gasteiger partial charge in [0.25, 0.3) is 0 Å². The van der Waals surface area contributed by atoms with E-state index in [1.54, 1.807) is 0 Å². The lowest BCUT2D eigenvalue weighted by molar-refractivity contribution is 0.670. The first kappa shape index (κ1) is 65.5. The minimum absolute atomic E-state index is 0.648. The molecular weight excluding hydrogens is 1380 g/mol. The summed E-state index contributed by atoms with van der Waals surface area (Å²) in [5.41, 5.74) is 25.5. The molecule has 0 saturated heterocycles. The van der Waals surface area contributed by atoms with Crippen LogP contribution in [0.5, 0.6) is 0 Å². The third-order valence-corrected chi connectivity index (χ3v) is 22.7. The van der Waals surface area contributed by atoms with Crippen molar-refractivity contribution in [3.63, 3.8) is 0 Å². The van der Waals surface area contributed by atoms with Crippen LogP contribution in [0.25, 0.3) is 210 Å². The van der Waals surface area contributed by atoms with Gasteiger partial charge < -0.3 is 13.6 Å². The third-order valence-electron chi connectivity index (χ3n) is 21.5. The summed E-state index contributed by atoms with van der Waals surface area (Å²) in [6.07, 6.45) is 0. The van der Waals surface area contributed by atoms with Gasteiger partial charge in [-0.2, -0.15) is 0 Å². The monoisotopic (exact) mass is 1450 g/mol. The van der Waals surface area contributed by atoms with Crippen molar-refractivity contribution in [3.8, 4) is 124 Å². The molecule has 0 saturated carbocycles. The van der Waals surface area contributed by atoms with Gasteiger partial charge in [-0.15, -0.1) is 11.3 Å². The lowest BCUT2D eigenvalue weighted by atomic mass is 9.96. The Bertz CT molecular complexity index is 7240. The highest BCUT2D eigenvalue weighted by molar-refractivity contribution is 7.26. The number of rotatable bonds is 12. The summed E-state index contributed by atoms with van der Waals surface area (Å²) in [6.45, 7) is 0. The highest BCUT2D eigenvalue weighted by Crippen LogP contribution is 2.46. The summed E-state index contributed by atoms with van der Waals surface area (Å²) in [7, 11) is 0. The van der Waals surface area contributed by atoms with Crippen molar-refractivity contribution in [2.24, 2.45) is 0 Å². The summed E-state index contributed by atoms with van der Waals surface area (Å²) >= 11 is 1.85. The van der Waals surface area contributed by atoms with Gasteiger partial charge in [0.2, 0.25) is 0 Å². The summed E-state index contributed by atoms with van der Waals surface area (Å²) in [4.78, 5) is 25.3. The van der Waals surface area contributed by atoms with Gasteiger partial charge in [-0.1, -0.05) is 309 Å². The van der Waals surface area contributed by atoms with Crippen LogP contribution in [0.1, 0.15) is 0 Å². The maximum absolute atomic E-state index is 6.78.